The minimum Gasteiger partial charge on any atom is -0.381 e. The van der Waals surface area contributed by atoms with Crippen molar-refractivity contribution >= 4 is 11.4 Å². The van der Waals surface area contributed by atoms with Crippen molar-refractivity contribution in [2.45, 2.75) is 31.4 Å². The fraction of sp³-hybridized carbons (Fsp3) is 0.500. The van der Waals surface area contributed by atoms with E-state index >= 15 is 0 Å². The van der Waals surface area contributed by atoms with Gasteiger partial charge in [0.2, 0.25) is 0 Å². The molecule has 0 heterocycles. The molecule has 1 aliphatic carbocycles. The average Bonchev–Trinajstić information content (AvgIpc) is 2.77. The van der Waals surface area contributed by atoms with Gasteiger partial charge in [0.1, 0.15) is 5.69 Å². The zero-order chi connectivity index (χ0) is 12.3. The summed E-state index contributed by atoms with van der Waals surface area (Å²) in [6.45, 7) is 0. The SMILES string of the molecule is COC1CCC(Nc2ccccc2[N+](=O)[O-])C1. The van der Waals surface area contributed by atoms with Gasteiger partial charge in [0, 0.05) is 19.2 Å². The molecular formula is C12H16N2O3. The number of hydrogen-bond acceptors (Lipinski definition) is 4. The van der Waals surface area contributed by atoms with Gasteiger partial charge in [0.15, 0.2) is 0 Å². The minimum absolute atomic E-state index is 0.133. The maximum absolute atomic E-state index is 10.9. The molecule has 1 N–H and O–H groups in total. The van der Waals surface area contributed by atoms with Crippen molar-refractivity contribution in [2.75, 3.05) is 12.4 Å². The lowest BCUT2D eigenvalue weighted by molar-refractivity contribution is -0.384. The van der Waals surface area contributed by atoms with Crippen LogP contribution in [0.3, 0.4) is 0 Å². The topological polar surface area (TPSA) is 64.4 Å². The Morgan fingerprint density at radius 1 is 1.41 bits per heavy atom. The molecule has 1 aromatic rings. The van der Waals surface area contributed by atoms with Crippen LogP contribution in [0.15, 0.2) is 24.3 Å². The van der Waals surface area contributed by atoms with E-state index in [-0.39, 0.29) is 22.8 Å². The predicted octanol–water partition coefficient (Wildman–Crippen LogP) is 2.57. The van der Waals surface area contributed by atoms with Gasteiger partial charge < -0.3 is 10.1 Å². The zero-order valence-corrected chi connectivity index (χ0v) is 9.76. The Hall–Kier alpha value is -1.62. The lowest BCUT2D eigenvalue weighted by Gasteiger charge is -2.14. The first-order chi connectivity index (χ1) is 8.20. The van der Waals surface area contributed by atoms with Gasteiger partial charge in [0.25, 0.3) is 5.69 Å². The Balaban J connectivity index is 2.06. The van der Waals surface area contributed by atoms with Crippen LogP contribution in [-0.2, 0) is 4.74 Å². The maximum Gasteiger partial charge on any atom is 0.292 e. The van der Waals surface area contributed by atoms with Crippen LogP contribution in [0.25, 0.3) is 0 Å². The van der Waals surface area contributed by atoms with E-state index in [2.05, 4.69) is 5.32 Å². The van der Waals surface area contributed by atoms with Gasteiger partial charge in [-0.25, -0.2) is 0 Å². The van der Waals surface area contributed by atoms with Crippen LogP contribution in [-0.4, -0.2) is 24.2 Å². The number of anilines is 1. The summed E-state index contributed by atoms with van der Waals surface area (Å²) in [5.41, 5.74) is 0.729. The lowest BCUT2D eigenvalue weighted by Crippen LogP contribution is -2.17. The van der Waals surface area contributed by atoms with E-state index in [1.54, 1.807) is 25.3 Å². The fourth-order valence-electron chi connectivity index (χ4n) is 2.26. The number of nitrogens with one attached hydrogen (secondary N) is 1. The van der Waals surface area contributed by atoms with Crippen molar-refractivity contribution in [3.05, 3.63) is 34.4 Å². The molecule has 0 spiro atoms. The van der Waals surface area contributed by atoms with Crippen molar-refractivity contribution < 1.29 is 9.66 Å². The van der Waals surface area contributed by atoms with Gasteiger partial charge in [-0.2, -0.15) is 0 Å². The molecule has 17 heavy (non-hydrogen) atoms. The van der Waals surface area contributed by atoms with Crippen LogP contribution in [0.1, 0.15) is 19.3 Å². The molecule has 2 unspecified atom stereocenters. The van der Waals surface area contributed by atoms with Gasteiger partial charge in [-0.05, 0) is 25.3 Å². The van der Waals surface area contributed by atoms with E-state index in [4.69, 9.17) is 4.74 Å². The average molecular weight is 236 g/mol. The Kier molecular flexibility index (Phi) is 3.58. The van der Waals surface area contributed by atoms with E-state index < -0.39 is 0 Å². The second kappa shape index (κ2) is 5.14. The summed E-state index contributed by atoms with van der Waals surface area (Å²) >= 11 is 0. The molecule has 2 atom stereocenters. The van der Waals surface area contributed by atoms with Crippen LogP contribution in [0.4, 0.5) is 11.4 Å². The molecule has 2 rings (SSSR count). The van der Waals surface area contributed by atoms with Gasteiger partial charge in [-0.3, -0.25) is 10.1 Å². The highest BCUT2D eigenvalue weighted by Gasteiger charge is 2.25. The number of nitro groups is 1. The van der Waals surface area contributed by atoms with Gasteiger partial charge in [-0.15, -0.1) is 0 Å². The number of para-hydroxylation sites is 2. The largest absolute Gasteiger partial charge is 0.381 e. The van der Waals surface area contributed by atoms with Gasteiger partial charge in [0.05, 0.1) is 11.0 Å². The number of nitrogens with zero attached hydrogens (tertiary/aromatic N) is 1. The number of nitro benzene ring substituents is 1. The second-order valence-corrected chi connectivity index (χ2v) is 4.29. The smallest absolute Gasteiger partial charge is 0.292 e. The maximum atomic E-state index is 10.9. The summed E-state index contributed by atoms with van der Waals surface area (Å²) in [4.78, 5) is 10.5. The number of benzene rings is 1. The highest BCUT2D eigenvalue weighted by Crippen LogP contribution is 2.29. The quantitative estimate of drug-likeness (QED) is 0.644. The molecule has 92 valence electrons. The third kappa shape index (κ3) is 2.74. The fourth-order valence-corrected chi connectivity index (χ4v) is 2.26. The molecule has 0 saturated heterocycles. The molecular weight excluding hydrogens is 220 g/mol. The molecule has 1 saturated carbocycles. The number of hydrogen-bond donors (Lipinski definition) is 1. The molecule has 0 amide bonds. The molecule has 5 nitrogen and oxygen atoms in total. The Morgan fingerprint density at radius 3 is 2.82 bits per heavy atom. The van der Waals surface area contributed by atoms with Crippen molar-refractivity contribution in [2.24, 2.45) is 0 Å². The first-order valence-electron chi connectivity index (χ1n) is 5.73. The van der Waals surface area contributed by atoms with Gasteiger partial charge >= 0.3 is 0 Å². The van der Waals surface area contributed by atoms with Crippen LogP contribution in [0.2, 0.25) is 0 Å². The van der Waals surface area contributed by atoms with Crippen LogP contribution < -0.4 is 5.32 Å². The first kappa shape index (κ1) is 11.9. The second-order valence-electron chi connectivity index (χ2n) is 4.29. The highest BCUT2D eigenvalue weighted by molar-refractivity contribution is 5.61. The van der Waals surface area contributed by atoms with E-state index in [1.165, 1.54) is 6.07 Å². The molecule has 0 radical (unpaired) electrons. The summed E-state index contributed by atoms with van der Waals surface area (Å²) in [5, 5.41) is 14.1. The Morgan fingerprint density at radius 2 is 2.18 bits per heavy atom. The minimum atomic E-state index is -0.356. The standard InChI is InChI=1S/C12H16N2O3/c1-17-10-7-6-9(8-10)13-11-4-2-3-5-12(11)14(15)16/h2-5,9-10,13H,6-8H2,1H3. The summed E-state index contributed by atoms with van der Waals surface area (Å²) in [6, 6.07) is 7.01. The van der Waals surface area contributed by atoms with Crippen molar-refractivity contribution in [3.8, 4) is 0 Å². The van der Waals surface area contributed by atoms with E-state index in [1.807, 2.05) is 0 Å². The lowest BCUT2D eigenvalue weighted by atomic mass is 10.2. The number of methoxy groups -OCH3 is 1. The van der Waals surface area contributed by atoms with E-state index in [0.717, 1.165) is 19.3 Å². The summed E-state index contributed by atoms with van der Waals surface area (Å²) < 4.78 is 5.28. The third-order valence-electron chi connectivity index (χ3n) is 3.18. The highest BCUT2D eigenvalue weighted by atomic mass is 16.6. The van der Waals surface area contributed by atoms with E-state index in [9.17, 15) is 10.1 Å². The van der Waals surface area contributed by atoms with Crippen LogP contribution >= 0.6 is 0 Å². The molecule has 0 aliphatic heterocycles. The normalized spacial score (nSPS) is 23.6. The predicted molar refractivity (Wildman–Crippen MR) is 65.2 cm³/mol. The molecule has 1 fully saturated rings. The van der Waals surface area contributed by atoms with Crippen molar-refractivity contribution in [1.29, 1.82) is 0 Å². The molecule has 0 bridgehead atoms. The number of rotatable bonds is 4. The molecule has 5 heteroatoms. The third-order valence-corrected chi connectivity index (χ3v) is 3.18. The van der Waals surface area contributed by atoms with Crippen molar-refractivity contribution in [1.82, 2.24) is 0 Å². The zero-order valence-electron chi connectivity index (χ0n) is 9.76. The van der Waals surface area contributed by atoms with E-state index in [0.29, 0.717) is 5.69 Å². The number of ether oxygens (including phenoxy) is 1. The molecule has 1 aliphatic rings. The van der Waals surface area contributed by atoms with Crippen molar-refractivity contribution in [3.63, 3.8) is 0 Å². The Bertz CT molecular complexity index is 408. The molecule has 0 aromatic heterocycles. The Labute approximate surface area is 99.9 Å². The van der Waals surface area contributed by atoms with Crippen LogP contribution in [0, 0.1) is 10.1 Å². The van der Waals surface area contributed by atoms with Gasteiger partial charge in [-0.1, -0.05) is 12.1 Å². The van der Waals surface area contributed by atoms with Crippen LogP contribution in [0.5, 0.6) is 0 Å². The first-order valence-corrected chi connectivity index (χ1v) is 5.73. The monoisotopic (exact) mass is 236 g/mol. The summed E-state index contributed by atoms with van der Waals surface area (Å²) in [6.07, 6.45) is 3.18. The molecule has 1 aromatic carbocycles. The summed E-state index contributed by atoms with van der Waals surface area (Å²) in [7, 11) is 1.71. The summed E-state index contributed by atoms with van der Waals surface area (Å²) in [5.74, 6) is 0.